The molecule has 0 aromatic heterocycles. The Morgan fingerprint density at radius 2 is 1.48 bits per heavy atom. The van der Waals surface area contributed by atoms with Gasteiger partial charge in [-0.2, -0.15) is 0 Å². The highest BCUT2D eigenvalue weighted by atomic mass is 32.2. The molecule has 0 fully saturated rings. The van der Waals surface area contributed by atoms with Crippen LogP contribution in [-0.2, 0) is 34.2 Å². The first-order valence-corrected chi connectivity index (χ1v) is 16.1. The van der Waals surface area contributed by atoms with Crippen molar-refractivity contribution >= 4 is 21.6 Å². The predicted octanol–water partition coefficient (Wildman–Crippen LogP) is 4.64. The number of β-amino-alcohol motifs (C(OH)–C–C–N with tert-alkyl or cyclic N) is 1. The van der Waals surface area contributed by atoms with E-state index < -0.39 is 21.7 Å². The van der Waals surface area contributed by atoms with Crippen LogP contribution in [-0.4, -0.2) is 48.0 Å². The zero-order chi connectivity index (χ0) is 31.9. The SMILES string of the molecule is CC(C)(Cc1cccc(CC(=O)NCc2ccc(-c3ccc(O)cc3)cc2)c1)NC[C@@H](O)c1ccc(O)c(NS(C)(=O)=O)c1. The quantitative estimate of drug-likeness (QED) is 0.120. The van der Waals surface area contributed by atoms with Crippen molar-refractivity contribution in [2.45, 2.75) is 44.9 Å². The smallest absolute Gasteiger partial charge is 0.229 e. The number of amides is 1. The number of sulfonamides is 1. The van der Waals surface area contributed by atoms with Crippen LogP contribution >= 0.6 is 0 Å². The Morgan fingerprint density at radius 3 is 2.14 bits per heavy atom. The number of aliphatic hydroxyl groups is 1. The van der Waals surface area contributed by atoms with E-state index in [1.54, 1.807) is 18.2 Å². The molecule has 6 N–H and O–H groups in total. The average molecular weight is 618 g/mol. The second kappa shape index (κ2) is 13.9. The van der Waals surface area contributed by atoms with E-state index in [0.717, 1.165) is 34.1 Å². The Kier molecular flexibility index (Phi) is 10.3. The highest BCUT2D eigenvalue weighted by Crippen LogP contribution is 2.28. The van der Waals surface area contributed by atoms with Gasteiger partial charge in [-0.1, -0.05) is 66.7 Å². The standard InChI is InChI=1S/C34H39N3O6S/c1-34(2,36-22-32(40)28-13-16-31(39)30(19-28)37-44(3,42)43)20-25-6-4-5-24(17-25)18-33(41)35-21-23-7-9-26(10-8-23)27-11-14-29(38)15-12-27/h4-17,19,32,36-40H,18,20-22H2,1-3H3,(H,35,41)/t32-/m1/s1. The maximum Gasteiger partial charge on any atom is 0.229 e. The lowest BCUT2D eigenvalue weighted by atomic mass is 9.93. The largest absolute Gasteiger partial charge is 0.508 e. The third kappa shape index (κ3) is 9.84. The molecule has 1 atom stereocenters. The highest BCUT2D eigenvalue weighted by Gasteiger charge is 2.21. The number of aromatic hydroxyl groups is 2. The Labute approximate surface area is 258 Å². The number of aliphatic hydroxyl groups excluding tert-OH is 1. The number of anilines is 1. The van der Waals surface area contributed by atoms with E-state index in [-0.39, 0.29) is 36.1 Å². The molecule has 0 aliphatic heterocycles. The molecular formula is C34H39N3O6S. The van der Waals surface area contributed by atoms with Crippen molar-refractivity contribution in [1.29, 1.82) is 0 Å². The summed E-state index contributed by atoms with van der Waals surface area (Å²) in [5, 5.41) is 36.5. The van der Waals surface area contributed by atoms with Crippen LogP contribution in [0.5, 0.6) is 11.5 Å². The molecule has 0 saturated heterocycles. The summed E-state index contributed by atoms with van der Waals surface area (Å²) in [5.41, 5.74) is 5.01. The van der Waals surface area contributed by atoms with Crippen molar-refractivity contribution in [2.75, 3.05) is 17.5 Å². The molecule has 0 radical (unpaired) electrons. The molecule has 232 valence electrons. The molecule has 0 unspecified atom stereocenters. The molecule has 0 aliphatic rings. The molecule has 4 rings (SSSR count). The van der Waals surface area contributed by atoms with Gasteiger partial charge in [-0.25, -0.2) is 8.42 Å². The molecule has 0 heterocycles. The fourth-order valence-corrected chi connectivity index (χ4v) is 5.44. The molecule has 9 nitrogen and oxygen atoms in total. The summed E-state index contributed by atoms with van der Waals surface area (Å²) < 4.78 is 25.4. The van der Waals surface area contributed by atoms with Gasteiger partial charge < -0.3 is 26.0 Å². The van der Waals surface area contributed by atoms with Crippen LogP contribution in [0.4, 0.5) is 5.69 Å². The minimum atomic E-state index is -3.59. The van der Waals surface area contributed by atoms with Gasteiger partial charge >= 0.3 is 0 Å². The Balaban J connectivity index is 1.28. The molecule has 1 amide bonds. The van der Waals surface area contributed by atoms with Crippen molar-refractivity contribution in [2.24, 2.45) is 0 Å². The van der Waals surface area contributed by atoms with E-state index in [2.05, 4.69) is 15.4 Å². The van der Waals surface area contributed by atoms with Crippen molar-refractivity contribution in [3.05, 3.63) is 113 Å². The van der Waals surface area contributed by atoms with E-state index in [9.17, 15) is 28.5 Å². The minimum Gasteiger partial charge on any atom is -0.508 e. The van der Waals surface area contributed by atoms with Gasteiger partial charge in [0.15, 0.2) is 0 Å². The number of carbonyl (C=O) groups excluding carboxylic acids is 1. The van der Waals surface area contributed by atoms with Crippen LogP contribution in [0.25, 0.3) is 11.1 Å². The average Bonchev–Trinajstić information content (AvgIpc) is 2.96. The lowest BCUT2D eigenvalue weighted by molar-refractivity contribution is -0.120. The van der Waals surface area contributed by atoms with E-state index in [0.29, 0.717) is 18.5 Å². The summed E-state index contributed by atoms with van der Waals surface area (Å²) in [7, 11) is -3.59. The van der Waals surface area contributed by atoms with Crippen LogP contribution in [0.1, 0.15) is 42.2 Å². The fourth-order valence-electron chi connectivity index (χ4n) is 4.87. The van der Waals surface area contributed by atoms with Crippen LogP contribution < -0.4 is 15.4 Å². The molecule has 0 saturated carbocycles. The second-order valence-electron chi connectivity index (χ2n) is 11.6. The first-order valence-electron chi connectivity index (χ1n) is 14.2. The van der Waals surface area contributed by atoms with Crippen LogP contribution in [0.3, 0.4) is 0 Å². The number of nitrogens with one attached hydrogen (secondary N) is 3. The first kappa shape index (κ1) is 32.5. The topological polar surface area (TPSA) is 148 Å². The lowest BCUT2D eigenvalue weighted by Crippen LogP contribution is -2.43. The number of rotatable bonds is 13. The normalized spacial score (nSPS) is 12.5. The zero-order valence-corrected chi connectivity index (χ0v) is 25.9. The monoisotopic (exact) mass is 617 g/mol. The minimum absolute atomic E-state index is 0.00711. The summed E-state index contributed by atoms with van der Waals surface area (Å²) in [5.74, 6) is -0.0820. The Hall–Kier alpha value is -4.38. The Morgan fingerprint density at radius 1 is 0.841 bits per heavy atom. The number of phenols is 2. The summed E-state index contributed by atoms with van der Waals surface area (Å²) in [6, 6.07) is 27.1. The number of hydrogen-bond donors (Lipinski definition) is 6. The van der Waals surface area contributed by atoms with Gasteiger partial charge in [0.05, 0.1) is 24.5 Å². The van der Waals surface area contributed by atoms with Gasteiger partial charge in [0.25, 0.3) is 0 Å². The molecule has 0 aliphatic carbocycles. The number of benzene rings is 4. The van der Waals surface area contributed by atoms with E-state index >= 15 is 0 Å². The van der Waals surface area contributed by atoms with E-state index in [1.165, 1.54) is 12.1 Å². The van der Waals surface area contributed by atoms with Crippen LogP contribution in [0.15, 0.2) is 91.0 Å². The molecular weight excluding hydrogens is 578 g/mol. The van der Waals surface area contributed by atoms with Gasteiger partial charge in [-0.3, -0.25) is 9.52 Å². The maximum absolute atomic E-state index is 12.7. The molecule has 10 heteroatoms. The third-order valence-electron chi connectivity index (χ3n) is 7.12. The second-order valence-corrected chi connectivity index (χ2v) is 13.4. The van der Waals surface area contributed by atoms with Crippen LogP contribution in [0, 0.1) is 0 Å². The molecule has 0 spiro atoms. The van der Waals surface area contributed by atoms with E-state index in [1.807, 2.05) is 74.5 Å². The predicted molar refractivity (Wildman–Crippen MR) is 173 cm³/mol. The van der Waals surface area contributed by atoms with Gasteiger partial charge in [0.1, 0.15) is 11.5 Å². The van der Waals surface area contributed by atoms with Crippen molar-refractivity contribution in [3.63, 3.8) is 0 Å². The van der Waals surface area contributed by atoms with Crippen molar-refractivity contribution < 1.29 is 28.5 Å². The van der Waals surface area contributed by atoms with Gasteiger partial charge in [-0.05, 0) is 77.9 Å². The van der Waals surface area contributed by atoms with Crippen LogP contribution in [0.2, 0.25) is 0 Å². The molecule has 44 heavy (non-hydrogen) atoms. The molecule has 0 bridgehead atoms. The number of carbonyl (C=O) groups is 1. The lowest BCUT2D eigenvalue weighted by Gasteiger charge is -2.28. The first-order chi connectivity index (χ1) is 20.8. The number of hydrogen-bond acceptors (Lipinski definition) is 7. The highest BCUT2D eigenvalue weighted by molar-refractivity contribution is 7.92. The summed E-state index contributed by atoms with van der Waals surface area (Å²) in [6.07, 6.45) is 0.937. The van der Waals surface area contributed by atoms with Gasteiger partial charge in [0.2, 0.25) is 15.9 Å². The maximum atomic E-state index is 12.7. The number of phenolic OH excluding ortho intramolecular Hbond substituents is 2. The van der Waals surface area contributed by atoms with Crippen molar-refractivity contribution in [3.8, 4) is 22.6 Å². The van der Waals surface area contributed by atoms with Gasteiger partial charge in [0, 0.05) is 18.6 Å². The zero-order valence-electron chi connectivity index (χ0n) is 25.0. The summed E-state index contributed by atoms with van der Waals surface area (Å²) in [6.45, 7) is 4.65. The summed E-state index contributed by atoms with van der Waals surface area (Å²) >= 11 is 0. The van der Waals surface area contributed by atoms with E-state index in [4.69, 9.17) is 0 Å². The fraction of sp³-hybridized carbons (Fsp3) is 0.265. The van der Waals surface area contributed by atoms with Gasteiger partial charge in [-0.15, -0.1) is 0 Å². The Bertz CT molecular complexity index is 1690. The van der Waals surface area contributed by atoms with Crippen molar-refractivity contribution in [1.82, 2.24) is 10.6 Å². The molecule has 4 aromatic carbocycles. The third-order valence-corrected chi connectivity index (χ3v) is 7.71. The molecule has 4 aromatic rings. The summed E-state index contributed by atoms with van der Waals surface area (Å²) in [4.78, 5) is 12.7.